The molecule has 1 N–H and O–H groups in total. The third-order valence-electron chi connectivity index (χ3n) is 13.6. The Morgan fingerprint density at radius 2 is 1.52 bits per heavy atom. The van der Waals surface area contributed by atoms with Crippen molar-refractivity contribution in [3.05, 3.63) is 65.7 Å². The molecule has 12 nitrogen and oxygen atoms in total. The van der Waals surface area contributed by atoms with E-state index in [-0.39, 0.29) is 65.6 Å². The molecule has 4 rings (SSSR count). The third kappa shape index (κ3) is 12.8. The number of likely N-dealkylation sites (tertiary alicyclic amines) is 1. The van der Waals surface area contributed by atoms with Gasteiger partial charge in [-0.1, -0.05) is 90.4 Å². The highest BCUT2D eigenvalue weighted by molar-refractivity contribution is 7.90. The van der Waals surface area contributed by atoms with Gasteiger partial charge in [0.2, 0.25) is 23.5 Å². The fourth-order valence-electron chi connectivity index (χ4n) is 8.92. The van der Waals surface area contributed by atoms with E-state index in [1.54, 1.807) is 61.2 Å². The largest absolute Gasteiger partial charge is 0.450 e. The molecule has 1 aliphatic carbocycles. The number of hydrogen-bond acceptors (Lipinski definition) is 9. The first kappa shape index (κ1) is 51.5. The molecule has 2 fully saturated rings. The average molecular weight is 906 g/mol. The zero-order valence-corrected chi connectivity index (χ0v) is 38.9. The van der Waals surface area contributed by atoms with Gasteiger partial charge < -0.3 is 19.3 Å². The highest BCUT2D eigenvalue weighted by atomic mass is 32.2. The van der Waals surface area contributed by atoms with E-state index in [0.29, 0.717) is 43.4 Å². The molecule has 16 heteroatoms. The van der Waals surface area contributed by atoms with E-state index >= 15 is 0 Å². The molecule has 2 aromatic rings. The molecule has 1 heterocycles. The number of likely N-dealkylation sites (N-methyl/N-ethyl adjacent to an activating group) is 1. The van der Waals surface area contributed by atoms with Crippen LogP contribution < -0.4 is 4.72 Å². The van der Waals surface area contributed by atoms with Gasteiger partial charge in [0.25, 0.3) is 10.0 Å². The molecule has 350 valence electrons. The summed E-state index contributed by atoms with van der Waals surface area (Å²) in [6.45, 7) is 12.1. The number of alkyl halides is 3. The maximum atomic E-state index is 14.2. The quantitative estimate of drug-likeness (QED) is 0.123. The fourth-order valence-corrected chi connectivity index (χ4v) is 9.96. The van der Waals surface area contributed by atoms with E-state index in [0.717, 1.165) is 6.42 Å². The predicted octanol–water partition coefficient (Wildman–Crippen LogP) is 7.08. The Morgan fingerprint density at radius 1 is 0.905 bits per heavy atom. The predicted molar refractivity (Wildman–Crippen MR) is 232 cm³/mol. The summed E-state index contributed by atoms with van der Waals surface area (Å²) in [7, 11) is 0.279. The number of ketones is 2. The summed E-state index contributed by atoms with van der Waals surface area (Å²) >= 11 is 0. The van der Waals surface area contributed by atoms with Crippen LogP contribution in [0.2, 0.25) is 0 Å². The second-order valence-corrected chi connectivity index (χ2v) is 19.7. The number of carbonyl (C=O) groups excluding carboxylic acids is 5. The molecule has 63 heavy (non-hydrogen) atoms. The van der Waals surface area contributed by atoms with Gasteiger partial charge in [-0.05, 0) is 67.2 Å². The zero-order valence-electron chi connectivity index (χ0n) is 38.1. The lowest BCUT2D eigenvalue weighted by molar-refractivity contribution is -0.171. The molecule has 1 aliphatic heterocycles. The zero-order chi connectivity index (χ0) is 47.0. The van der Waals surface area contributed by atoms with Crippen molar-refractivity contribution in [3.63, 3.8) is 0 Å². The van der Waals surface area contributed by atoms with Gasteiger partial charge in [0.1, 0.15) is 5.78 Å². The molecule has 2 aromatic carbocycles. The number of ether oxygens (including phenoxy) is 2. The molecule has 8 atom stereocenters. The first-order valence-electron chi connectivity index (χ1n) is 22.0. The summed E-state index contributed by atoms with van der Waals surface area (Å²) in [5, 5.41) is 0. The number of carbonyl (C=O) groups is 5. The number of hydrogen-bond donors (Lipinski definition) is 1. The topological polar surface area (TPSA) is 156 Å². The highest BCUT2D eigenvalue weighted by Crippen LogP contribution is 2.52. The second-order valence-electron chi connectivity index (χ2n) is 18.1. The third-order valence-corrected chi connectivity index (χ3v) is 14.9. The number of benzene rings is 2. The molecule has 3 amide bonds. The maximum Gasteiger partial charge on any atom is 0.450 e. The lowest BCUT2D eigenvalue weighted by atomic mass is 9.85. The first-order valence-corrected chi connectivity index (χ1v) is 23.5. The van der Waals surface area contributed by atoms with E-state index in [4.69, 9.17) is 9.47 Å². The number of nitrogens with one attached hydrogen (secondary N) is 1. The van der Waals surface area contributed by atoms with Crippen LogP contribution in [0, 0.1) is 29.6 Å². The normalized spacial score (nSPS) is 19.6. The van der Waals surface area contributed by atoms with Crippen LogP contribution in [0.15, 0.2) is 59.5 Å². The highest BCUT2D eigenvalue weighted by Gasteiger charge is 2.51. The van der Waals surface area contributed by atoms with Gasteiger partial charge in [-0.3, -0.25) is 24.0 Å². The molecule has 1 saturated heterocycles. The molecule has 2 aliphatic rings. The number of Topliss-reactive ketones (excluding diaryl/α,β-unsaturated/α-hetero) is 2. The summed E-state index contributed by atoms with van der Waals surface area (Å²) in [5.41, 5.74) is 0.0616. The first-order chi connectivity index (χ1) is 29.5. The minimum Gasteiger partial charge on any atom is -0.379 e. The monoisotopic (exact) mass is 905 g/mol. The summed E-state index contributed by atoms with van der Waals surface area (Å²) in [6.07, 6.45) is -4.70. The molecule has 0 spiro atoms. The number of amides is 3. The van der Waals surface area contributed by atoms with Crippen LogP contribution >= 0.6 is 0 Å². The molecular weight excluding hydrogens is 840 g/mol. The Morgan fingerprint density at radius 3 is 2.05 bits per heavy atom. The van der Waals surface area contributed by atoms with Gasteiger partial charge in [-0.25, -0.2) is 13.1 Å². The van der Waals surface area contributed by atoms with E-state index in [1.165, 1.54) is 31.4 Å². The molecular formula is C47H66F3N3O9S. The van der Waals surface area contributed by atoms with Crippen LogP contribution in [0.5, 0.6) is 0 Å². The van der Waals surface area contributed by atoms with Crippen molar-refractivity contribution in [1.29, 1.82) is 0 Å². The van der Waals surface area contributed by atoms with Crippen molar-refractivity contribution in [2.75, 3.05) is 27.8 Å². The average Bonchev–Trinajstić information content (AvgIpc) is 3.87. The standard InChI is InChI=1S/C47H66F3N3O9S/c1-10-30(4)42(52(7)45(58)31(5)29(2)3)39(61-8)27-41(56)53-24-14-17-37(53)43(62-9)32(6)38(54)26-34(25-33-15-12-11-13-16-33)44(57)51-63(59,60)36-20-18-35(19-21-36)46(22-23-46)28-40(55)47(48,49)50/h11-13,15-16,18-21,29-32,34,37,39,42-43H,10,14,17,22-28H2,1-9H3,(H,51,57)/t30-,31-,32-,34+,37-,39+,42-,43+/m0/s1. The Labute approximate surface area is 371 Å². The number of sulfonamides is 1. The van der Waals surface area contributed by atoms with Crippen molar-refractivity contribution in [2.45, 2.75) is 140 Å². The number of methoxy groups -OCH3 is 2. The van der Waals surface area contributed by atoms with Crippen molar-refractivity contribution < 1.29 is 55.0 Å². The van der Waals surface area contributed by atoms with Crippen LogP contribution in [0.4, 0.5) is 13.2 Å². The molecule has 0 aromatic heterocycles. The van der Waals surface area contributed by atoms with Crippen LogP contribution in [-0.4, -0.2) is 106 Å². The number of nitrogens with zero attached hydrogens (tertiary/aromatic N) is 2. The van der Waals surface area contributed by atoms with Crippen molar-refractivity contribution in [1.82, 2.24) is 14.5 Å². The Balaban J connectivity index is 1.50. The van der Waals surface area contributed by atoms with Crippen molar-refractivity contribution >= 4 is 39.3 Å². The van der Waals surface area contributed by atoms with Gasteiger partial charge in [-0.2, -0.15) is 13.2 Å². The molecule has 0 bridgehead atoms. The fraction of sp³-hybridized carbons (Fsp3) is 0.638. The number of rotatable bonds is 23. The molecule has 0 radical (unpaired) electrons. The second kappa shape index (κ2) is 21.7. The minimum absolute atomic E-state index is 0.00355. The van der Waals surface area contributed by atoms with E-state index in [2.05, 4.69) is 4.72 Å². The van der Waals surface area contributed by atoms with Crippen LogP contribution in [0.25, 0.3) is 0 Å². The molecule has 1 saturated carbocycles. The van der Waals surface area contributed by atoms with Crippen molar-refractivity contribution in [2.24, 2.45) is 29.6 Å². The maximum absolute atomic E-state index is 14.2. The lowest BCUT2D eigenvalue weighted by Crippen LogP contribution is -2.53. The smallest absolute Gasteiger partial charge is 0.379 e. The van der Waals surface area contributed by atoms with Gasteiger partial charge in [0.05, 0.1) is 35.6 Å². The van der Waals surface area contributed by atoms with Crippen LogP contribution in [0.1, 0.15) is 104 Å². The Kier molecular flexibility index (Phi) is 17.7. The summed E-state index contributed by atoms with van der Waals surface area (Å²) in [4.78, 5) is 70.7. The minimum atomic E-state index is -4.97. The van der Waals surface area contributed by atoms with E-state index in [9.17, 15) is 45.6 Å². The van der Waals surface area contributed by atoms with Gasteiger partial charge >= 0.3 is 6.18 Å². The lowest BCUT2D eigenvalue weighted by Gasteiger charge is -2.40. The summed E-state index contributed by atoms with van der Waals surface area (Å²) < 4.78 is 80.2. The summed E-state index contributed by atoms with van der Waals surface area (Å²) in [6, 6.07) is 13.1. The van der Waals surface area contributed by atoms with Gasteiger partial charge in [0.15, 0.2) is 0 Å². The number of halogens is 3. The Hall–Kier alpha value is -4.15. The summed E-state index contributed by atoms with van der Waals surface area (Å²) in [5.74, 6) is -5.36. The van der Waals surface area contributed by atoms with Gasteiger partial charge in [0, 0.05) is 63.8 Å². The van der Waals surface area contributed by atoms with Crippen LogP contribution in [0.3, 0.4) is 0 Å². The molecule has 0 unspecified atom stereocenters. The van der Waals surface area contributed by atoms with Gasteiger partial charge in [-0.15, -0.1) is 0 Å². The SMILES string of the molecule is CC[C@H](C)[C@@H]([C@@H](CC(=O)N1CCC[C@H]1[C@H](OC)[C@@H](C)C(=O)C[C@@H](Cc1ccccc1)C(=O)NS(=O)(=O)c1ccc(C2(CC(=O)C(F)(F)F)CC2)cc1)OC)N(C)C(=O)[C@@H](C)C(C)C. The van der Waals surface area contributed by atoms with E-state index in [1.807, 2.05) is 34.6 Å². The van der Waals surface area contributed by atoms with Crippen molar-refractivity contribution in [3.8, 4) is 0 Å². The van der Waals surface area contributed by atoms with Crippen LogP contribution in [-0.2, 0) is 55.3 Å². The Bertz CT molecular complexity index is 2010. The van der Waals surface area contributed by atoms with E-state index < -0.39 is 69.8 Å².